The Bertz CT molecular complexity index is 581. The van der Waals surface area contributed by atoms with Crippen LogP contribution in [0.1, 0.15) is 49.0 Å². The van der Waals surface area contributed by atoms with Gasteiger partial charge >= 0.3 is 0 Å². The predicted molar refractivity (Wildman–Crippen MR) is 87.3 cm³/mol. The van der Waals surface area contributed by atoms with Crippen molar-refractivity contribution >= 4 is 27.3 Å². The minimum atomic E-state index is -0.0558. The van der Waals surface area contributed by atoms with Gasteiger partial charge in [0.2, 0.25) is 0 Å². The summed E-state index contributed by atoms with van der Waals surface area (Å²) in [5, 5.41) is 3.20. The van der Waals surface area contributed by atoms with Crippen LogP contribution in [0.15, 0.2) is 28.1 Å². The minimum absolute atomic E-state index is 0.0558. The SMILES string of the molecule is CC(C)c1nc(COc2cc(Br)ccc2[C@@H](C)N)cs1. The fraction of sp³-hybridized carbons (Fsp3) is 0.400. The lowest BCUT2D eigenvalue weighted by Crippen LogP contribution is -2.08. The summed E-state index contributed by atoms with van der Waals surface area (Å²) in [5.41, 5.74) is 7.94. The van der Waals surface area contributed by atoms with E-state index in [2.05, 4.69) is 40.1 Å². The first-order valence-corrected chi connectivity index (χ1v) is 8.26. The molecule has 0 bridgehead atoms. The largest absolute Gasteiger partial charge is 0.487 e. The lowest BCUT2D eigenvalue weighted by Gasteiger charge is -2.13. The number of rotatable bonds is 5. The van der Waals surface area contributed by atoms with E-state index >= 15 is 0 Å². The molecule has 1 aromatic heterocycles. The zero-order valence-corrected chi connectivity index (χ0v) is 14.3. The number of hydrogen-bond acceptors (Lipinski definition) is 4. The summed E-state index contributed by atoms with van der Waals surface area (Å²) < 4.78 is 6.88. The molecule has 1 aromatic carbocycles. The highest BCUT2D eigenvalue weighted by molar-refractivity contribution is 9.10. The molecule has 0 unspecified atom stereocenters. The van der Waals surface area contributed by atoms with Gasteiger partial charge < -0.3 is 10.5 Å². The van der Waals surface area contributed by atoms with E-state index in [4.69, 9.17) is 10.5 Å². The van der Waals surface area contributed by atoms with E-state index in [1.165, 1.54) is 0 Å². The second-order valence-electron chi connectivity index (χ2n) is 5.09. The average Bonchev–Trinajstić information content (AvgIpc) is 2.85. The van der Waals surface area contributed by atoms with Crippen LogP contribution in [-0.2, 0) is 6.61 Å². The van der Waals surface area contributed by atoms with Crippen LogP contribution < -0.4 is 10.5 Å². The highest BCUT2D eigenvalue weighted by Gasteiger charge is 2.11. The molecule has 0 saturated heterocycles. The summed E-state index contributed by atoms with van der Waals surface area (Å²) in [5.74, 6) is 1.27. The highest BCUT2D eigenvalue weighted by Crippen LogP contribution is 2.28. The predicted octanol–water partition coefficient (Wildman–Crippen LogP) is 4.63. The van der Waals surface area contributed by atoms with Crippen molar-refractivity contribution in [1.29, 1.82) is 0 Å². The highest BCUT2D eigenvalue weighted by atomic mass is 79.9. The van der Waals surface area contributed by atoms with E-state index in [1.807, 2.05) is 25.1 Å². The van der Waals surface area contributed by atoms with Crippen molar-refractivity contribution in [2.24, 2.45) is 5.73 Å². The number of aromatic nitrogens is 1. The van der Waals surface area contributed by atoms with Crippen LogP contribution in [-0.4, -0.2) is 4.98 Å². The van der Waals surface area contributed by atoms with Crippen molar-refractivity contribution in [3.05, 3.63) is 44.3 Å². The van der Waals surface area contributed by atoms with Crippen molar-refractivity contribution in [3.8, 4) is 5.75 Å². The van der Waals surface area contributed by atoms with E-state index in [9.17, 15) is 0 Å². The summed E-state index contributed by atoms with van der Waals surface area (Å²) in [4.78, 5) is 4.57. The molecular formula is C15H19BrN2OS. The van der Waals surface area contributed by atoms with Gasteiger partial charge in [-0.2, -0.15) is 0 Å². The Hall–Kier alpha value is -0.910. The number of halogens is 1. The lowest BCUT2D eigenvalue weighted by molar-refractivity contribution is 0.297. The molecule has 0 aliphatic carbocycles. The summed E-state index contributed by atoms with van der Waals surface area (Å²) in [6.45, 7) is 6.72. The molecule has 2 aromatic rings. The zero-order valence-electron chi connectivity index (χ0n) is 11.9. The van der Waals surface area contributed by atoms with Crippen LogP contribution in [0.3, 0.4) is 0 Å². The standard InChI is InChI=1S/C15H19BrN2OS/c1-9(2)15-18-12(8-20-15)7-19-14-6-11(16)4-5-13(14)10(3)17/h4-6,8-10H,7,17H2,1-3H3/t10-/m1/s1. The van der Waals surface area contributed by atoms with Gasteiger partial charge in [-0.3, -0.25) is 0 Å². The topological polar surface area (TPSA) is 48.1 Å². The van der Waals surface area contributed by atoms with Crippen molar-refractivity contribution < 1.29 is 4.74 Å². The van der Waals surface area contributed by atoms with Crippen LogP contribution >= 0.6 is 27.3 Å². The fourth-order valence-electron chi connectivity index (χ4n) is 1.82. The van der Waals surface area contributed by atoms with Crippen molar-refractivity contribution in [3.63, 3.8) is 0 Å². The van der Waals surface area contributed by atoms with Gasteiger partial charge in [-0.1, -0.05) is 35.8 Å². The maximum Gasteiger partial charge on any atom is 0.131 e. The maximum absolute atomic E-state index is 5.97. The number of hydrogen-bond donors (Lipinski definition) is 1. The van der Waals surface area contributed by atoms with Crippen LogP contribution in [0.2, 0.25) is 0 Å². The molecule has 5 heteroatoms. The number of thiazole rings is 1. The summed E-state index contributed by atoms with van der Waals surface area (Å²) in [6, 6.07) is 5.87. The molecule has 108 valence electrons. The number of nitrogens with two attached hydrogens (primary N) is 1. The molecule has 0 amide bonds. The van der Waals surface area contributed by atoms with E-state index in [-0.39, 0.29) is 6.04 Å². The molecule has 0 fully saturated rings. The number of nitrogens with zero attached hydrogens (tertiary/aromatic N) is 1. The van der Waals surface area contributed by atoms with Crippen LogP contribution in [0.4, 0.5) is 0 Å². The Morgan fingerprint density at radius 1 is 1.35 bits per heavy atom. The maximum atomic E-state index is 5.97. The first-order chi connectivity index (χ1) is 9.47. The smallest absolute Gasteiger partial charge is 0.131 e. The van der Waals surface area contributed by atoms with Crippen molar-refractivity contribution in [1.82, 2.24) is 4.98 Å². The molecule has 0 aliphatic heterocycles. The summed E-state index contributed by atoms with van der Waals surface area (Å²) in [7, 11) is 0. The molecule has 3 nitrogen and oxygen atoms in total. The Labute approximate surface area is 132 Å². The Kier molecular flexibility index (Phi) is 5.18. The van der Waals surface area contributed by atoms with Gasteiger partial charge in [0, 0.05) is 27.4 Å². The number of ether oxygens (including phenoxy) is 1. The quantitative estimate of drug-likeness (QED) is 0.851. The monoisotopic (exact) mass is 354 g/mol. The van der Waals surface area contributed by atoms with E-state index in [0.29, 0.717) is 12.5 Å². The third kappa shape index (κ3) is 3.81. The molecule has 0 saturated carbocycles. The van der Waals surface area contributed by atoms with E-state index in [0.717, 1.165) is 26.5 Å². The molecular weight excluding hydrogens is 336 g/mol. The zero-order chi connectivity index (χ0) is 14.7. The van der Waals surface area contributed by atoms with Gasteiger partial charge in [-0.15, -0.1) is 11.3 Å². The fourth-order valence-corrected chi connectivity index (χ4v) is 2.97. The van der Waals surface area contributed by atoms with Crippen molar-refractivity contribution in [2.75, 3.05) is 0 Å². The lowest BCUT2D eigenvalue weighted by atomic mass is 10.1. The molecule has 20 heavy (non-hydrogen) atoms. The molecule has 0 aliphatic rings. The first kappa shape index (κ1) is 15.5. The van der Waals surface area contributed by atoms with Crippen LogP contribution in [0, 0.1) is 0 Å². The first-order valence-electron chi connectivity index (χ1n) is 6.59. The van der Waals surface area contributed by atoms with E-state index < -0.39 is 0 Å². The third-order valence-electron chi connectivity index (χ3n) is 2.91. The minimum Gasteiger partial charge on any atom is -0.487 e. The molecule has 1 heterocycles. The molecule has 2 rings (SSSR count). The van der Waals surface area contributed by atoms with Gasteiger partial charge in [0.15, 0.2) is 0 Å². The summed E-state index contributed by atoms with van der Waals surface area (Å²) in [6.07, 6.45) is 0. The molecule has 2 N–H and O–H groups in total. The normalized spacial score (nSPS) is 12.7. The molecule has 0 radical (unpaired) electrons. The molecule has 1 atom stereocenters. The average molecular weight is 355 g/mol. The van der Waals surface area contributed by atoms with Gasteiger partial charge in [0.1, 0.15) is 12.4 Å². The van der Waals surface area contributed by atoms with Gasteiger partial charge in [0.05, 0.1) is 10.7 Å². The van der Waals surface area contributed by atoms with Gasteiger partial charge in [-0.25, -0.2) is 4.98 Å². The van der Waals surface area contributed by atoms with Gasteiger partial charge in [-0.05, 0) is 19.1 Å². The van der Waals surface area contributed by atoms with Gasteiger partial charge in [0.25, 0.3) is 0 Å². The Morgan fingerprint density at radius 3 is 2.70 bits per heavy atom. The second-order valence-corrected chi connectivity index (χ2v) is 6.90. The molecule has 0 spiro atoms. The van der Waals surface area contributed by atoms with Crippen molar-refractivity contribution in [2.45, 2.75) is 39.3 Å². The Balaban J connectivity index is 2.11. The third-order valence-corrected chi connectivity index (χ3v) is 4.59. The summed E-state index contributed by atoms with van der Waals surface area (Å²) >= 11 is 5.14. The van der Waals surface area contributed by atoms with E-state index in [1.54, 1.807) is 11.3 Å². The van der Waals surface area contributed by atoms with Crippen LogP contribution in [0.25, 0.3) is 0 Å². The van der Waals surface area contributed by atoms with Crippen LogP contribution in [0.5, 0.6) is 5.75 Å². The Morgan fingerprint density at radius 2 is 2.10 bits per heavy atom. The second kappa shape index (κ2) is 6.70. The number of benzene rings is 1.